The number of Topliss-reactive ketones (excluding diaryl/α,β-unsaturated/α-hetero) is 2. The molecule has 0 unspecified atom stereocenters. The minimum Gasteiger partial charge on any atom is -0.493 e. The third kappa shape index (κ3) is 5.41. The number of hydrogen-bond acceptors (Lipinski definition) is 5. The summed E-state index contributed by atoms with van der Waals surface area (Å²) >= 11 is 2.29. The van der Waals surface area contributed by atoms with Crippen LogP contribution in [0.1, 0.15) is 72.3 Å². The monoisotopic (exact) mass is 673 g/mol. The van der Waals surface area contributed by atoms with Crippen molar-refractivity contribution in [1.29, 1.82) is 0 Å². The summed E-state index contributed by atoms with van der Waals surface area (Å²) in [5.41, 5.74) is 9.40. The van der Waals surface area contributed by atoms with Crippen LogP contribution in [0.25, 0.3) is 0 Å². The summed E-state index contributed by atoms with van der Waals surface area (Å²) < 4.78 is 13.1. The average molecular weight is 674 g/mol. The molecule has 0 saturated heterocycles. The van der Waals surface area contributed by atoms with Gasteiger partial charge >= 0.3 is 0 Å². The molecule has 0 radical (unpaired) electrons. The Morgan fingerprint density at radius 3 is 2.10 bits per heavy atom. The molecule has 3 aromatic rings. The van der Waals surface area contributed by atoms with Crippen molar-refractivity contribution < 1.29 is 19.1 Å². The number of halogens is 1. The highest BCUT2D eigenvalue weighted by atomic mass is 127. The molecule has 0 fully saturated rings. The average Bonchev–Trinajstić information content (AvgIpc) is 2.99. The number of aryl methyl sites for hydroxylation is 2. The van der Waals surface area contributed by atoms with Gasteiger partial charge in [0, 0.05) is 47.8 Å². The van der Waals surface area contributed by atoms with E-state index < -0.39 is 0 Å². The highest BCUT2D eigenvalue weighted by Gasteiger charge is 2.43. The Hall–Kier alpha value is -3.39. The molecule has 5 nitrogen and oxygen atoms in total. The van der Waals surface area contributed by atoms with Crippen LogP contribution in [0.3, 0.4) is 0 Å². The van der Waals surface area contributed by atoms with Crippen LogP contribution in [0.2, 0.25) is 0 Å². The first-order valence-corrected chi connectivity index (χ1v) is 15.8. The molecule has 6 heteroatoms. The van der Waals surface area contributed by atoms with Gasteiger partial charge in [0.2, 0.25) is 0 Å². The van der Waals surface area contributed by atoms with Crippen molar-refractivity contribution in [3.8, 4) is 11.5 Å². The van der Waals surface area contributed by atoms with Gasteiger partial charge in [-0.2, -0.15) is 0 Å². The van der Waals surface area contributed by atoms with E-state index in [4.69, 9.17) is 9.47 Å². The molecule has 1 aliphatic heterocycles. The zero-order valence-electron chi connectivity index (χ0n) is 24.5. The Kier molecular flexibility index (Phi) is 8.26. The maximum absolute atomic E-state index is 13.7. The molecule has 3 aromatic carbocycles. The maximum atomic E-state index is 13.7. The molecule has 42 heavy (non-hydrogen) atoms. The zero-order valence-corrected chi connectivity index (χ0v) is 26.6. The minimum atomic E-state index is -0.390. The lowest BCUT2D eigenvalue weighted by molar-refractivity contribution is -0.117. The molecule has 0 bridgehead atoms. The normalized spacial score (nSPS) is 17.4. The Bertz CT molecular complexity index is 1580. The lowest BCUT2D eigenvalue weighted by Gasteiger charge is -2.44. The summed E-state index contributed by atoms with van der Waals surface area (Å²) in [7, 11) is 1.65. The smallest absolute Gasteiger partial charge is 0.174 e. The van der Waals surface area contributed by atoms with Gasteiger partial charge in [-0.05, 0) is 102 Å². The molecule has 0 aromatic heterocycles. The Balaban J connectivity index is 1.43. The van der Waals surface area contributed by atoms with Crippen molar-refractivity contribution in [3.05, 3.63) is 115 Å². The standard InChI is InChI=1S/C36H36INO4/c1-22-15-16-25(17-23(22)2)21-42-36-27(37)18-26(19-32(36)41-3)33-34-28(11-7-13-30(34)39)38(20-24-9-5-4-6-10-24)29-12-8-14-31(40)35(29)33/h4-6,9-10,15-19,33H,7-8,11-14,20-21H2,1-3H3. The summed E-state index contributed by atoms with van der Waals surface area (Å²) in [4.78, 5) is 29.8. The predicted molar refractivity (Wildman–Crippen MR) is 172 cm³/mol. The van der Waals surface area contributed by atoms with Crippen molar-refractivity contribution in [3.63, 3.8) is 0 Å². The van der Waals surface area contributed by atoms with Crippen LogP contribution in [0.15, 0.2) is 83.2 Å². The van der Waals surface area contributed by atoms with E-state index in [1.165, 1.54) is 16.7 Å². The first-order valence-electron chi connectivity index (χ1n) is 14.8. The number of carbonyl (C=O) groups excluding carboxylic acids is 2. The van der Waals surface area contributed by atoms with Gasteiger partial charge in [-0.1, -0.05) is 48.5 Å². The summed E-state index contributed by atoms with van der Waals surface area (Å²) in [6, 6.07) is 20.8. The largest absolute Gasteiger partial charge is 0.493 e. The van der Waals surface area contributed by atoms with E-state index in [2.05, 4.69) is 77.7 Å². The lowest BCUT2D eigenvalue weighted by Crippen LogP contribution is -2.38. The number of allylic oxidation sites excluding steroid dienone is 4. The number of carbonyl (C=O) groups is 2. The van der Waals surface area contributed by atoms with E-state index in [0.29, 0.717) is 37.5 Å². The van der Waals surface area contributed by atoms with Gasteiger partial charge in [-0.3, -0.25) is 9.59 Å². The molecule has 0 atom stereocenters. The Labute approximate surface area is 261 Å². The van der Waals surface area contributed by atoms with Crippen LogP contribution in [0.4, 0.5) is 0 Å². The molecule has 0 spiro atoms. The van der Waals surface area contributed by atoms with E-state index in [1.807, 2.05) is 24.3 Å². The molecular weight excluding hydrogens is 637 g/mol. The van der Waals surface area contributed by atoms with E-state index in [9.17, 15) is 9.59 Å². The highest BCUT2D eigenvalue weighted by Crippen LogP contribution is 2.51. The van der Waals surface area contributed by atoms with Crippen molar-refractivity contribution in [2.24, 2.45) is 0 Å². The molecule has 0 saturated carbocycles. The van der Waals surface area contributed by atoms with Gasteiger partial charge < -0.3 is 14.4 Å². The number of ketones is 2. The number of hydrogen-bond donors (Lipinski definition) is 0. The topological polar surface area (TPSA) is 55.8 Å². The molecule has 0 amide bonds. The number of ether oxygens (including phenoxy) is 2. The van der Waals surface area contributed by atoms with Gasteiger partial charge in [0.05, 0.1) is 10.7 Å². The number of nitrogens with zero attached hydrogens (tertiary/aromatic N) is 1. The van der Waals surface area contributed by atoms with Gasteiger partial charge in [-0.15, -0.1) is 0 Å². The summed E-state index contributed by atoms with van der Waals surface area (Å²) in [5.74, 6) is 1.19. The molecule has 2 aliphatic carbocycles. The van der Waals surface area contributed by atoms with Crippen LogP contribution in [-0.2, 0) is 22.7 Å². The Morgan fingerprint density at radius 1 is 0.810 bits per heavy atom. The summed E-state index contributed by atoms with van der Waals surface area (Å²) in [6.45, 7) is 5.30. The molecule has 1 heterocycles. The van der Waals surface area contributed by atoms with E-state index in [-0.39, 0.29) is 17.5 Å². The second-order valence-corrected chi connectivity index (χ2v) is 12.7. The van der Waals surface area contributed by atoms with Crippen molar-refractivity contribution in [2.75, 3.05) is 7.11 Å². The van der Waals surface area contributed by atoms with Crippen molar-refractivity contribution >= 4 is 34.2 Å². The first kappa shape index (κ1) is 28.7. The second kappa shape index (κ2) is 12.1. The first-order chi connectivity index (χ1) is 20.4. The third-order valence-corrected chi connectivity index (χ3v) is 9.61. The van der Waals surface area contributed by atoms with Crippen molar-refractivity contribution in [2.45, 2.75) is 71.4 Å². The fourth-order valence-electron chi connectivity index (χ4n) is 6.60. The van der Waals surface area contributed by atoms with Crippen molar-refractivity contribution in [1.82, 2.24) is 4.90 Å². The minimum absolute atomic E-state index is 0.147. The molecular formula is C36H36INO4. The van der Waals surface area contributed by atoms with Gasteiger partial charge in [-0.25, -0.2) is 0 Å². The van der Waals surface area contributed by atoms with E-state index in [1.54, 1.807) is 7.11 Å². The van der Waals surface area contributed by atoms with E-state index in [0.717, 1.165) is 62.9 Å². The SMILES string of the molecule is COc1cc(C2C3=C(CCCC3=O)N(Cc3ccccc3)C3=C2C(=O)CCC3)cc(I)c1OCc1ccc(C)c(C)c1. The van der Waals surface area contributed by atoms with Crippen LogP contribution in [0, 0.1) is 17.4 Å². The molecule has 3 aliphatic rings. The predicted octanol–water partition coefficient (Wildman–Crippen LogP) is 8.11. The second-order valence-electron chi connectivity index (χ2n) is 11.5. The quantitative estimate of drug-likeness (QED) is 0.237. The van der Waals surface area contributed by atoms with Gasteiger partial charge in [0.1, 0.15) is 6.61 Å². The fourth-order valence-corrected chi connectivity index (χ4v) is 7.38. The maximum Gasteiger partial charge on any atom is 0.174 e. The summed E-state index contributed by atoms with van der Waals surface area (Å²) in [5, 5.41) is 0. The highest BCUT2D eigenvalue weighted by molar-refractivity contribution is 14.1. The number of rotatable bonds is 7. The Morgan fingerprint density at radius 2 is 1.48 bits per heavy atom. The molecule has 6 rings (SSSR count). The van der Waals surface area contributed by atoms with Crippen LogP contribution in [-0.4, -0.2) is 23.6 Å². The fraction of sp³-hybridized carbons (Fsp3) is 0.333. The zero-order chi connectivity index (χ0) is 29.4. The molecule has 0 N–H and O–H groups in total. The van der Waals surface area contributed by atoms with Crippen LogP contribution in [0.5, 0.6) is 11.5 Å². The summed E-state index contributed by atoms with van der Waals surface area (Å²) in [6.07, 6.45) is 4.35. The number of benzene rings is 3. The van der Waals surface area contributed by atoms with E-state index >= 15 is 0 Å². The van der Waals surface area contributed by atoms with Gasteiger partial charge in [0.15, 0.2) is 23.1 Å². The van der Waals surface area contributed by atoms with Gasteiger partial charge in [0.25, 0.3) is 0 Å². The lowest BCUT2D eigenvalue weighted by atomic mass is 9.71. The van der Waals surface area contributed by atoms with Crippen LogP contribution < -0.4 is 9.47 Å². The number of methoxy groups -OCH3 is 1. The third-order valence-electron chi connectivity index (χ3n) is 8.81. The molecule has 216 valence electrons. The van der Waals surface area contributed by atoms with Crippen LogP contribution >= 0.6 is 22.6 Å².